The van der Waals surface area contributed by atoms with E-state index < -0.39 is 0 Å². The smallest absolute Gasteiger partial charge is 0.257 e. The molecule has 5 nitrogen and oxygen atoms in total. The number of rotatable bonds is 7. The van der Waals surface area contributed by atoms with E-state index in [0.29, 0.717) is 31.1 Å². The van der Waals surface area contributed by atoms with Crippen LogP contribution in [0.4, 0.5) is 0 Å². The first kappa shape index (κ1) is 19.8. The van der Waals surface area contributed by atoms with E-state index in [0.717, 1.165) is 30.9 Å². The lowest BCUT2D eigenvalue weighted by Gasteiger charge is -2.23. The molecule has 1 saturated heterocycles. The SMILES string of the molecule is CCc1c(C(=O)NCC2CCCN2CC)c(=O)cc(C)n1Cc1cccs1. The lowest BCUT2D eigenvalue weighted by atomic mass is 10.1. The van der Waals surface area contributed by atoms with Crippen molar-refractivity contribution in [3.63, 3.8) is 0 Å². The van der Waals surface area contributed by atoms with E-state index in [-0.39, 0.29) is 11.3 Å². The van der Waals surface area contributed by atoms with E-state index in [2.05, 4.69) is 27.8 Å². The van der Waals surface area contributed by atoms with Gasteiger partial charge in [0.2, 0.25) is 0 Å². The number of pyridine rings is 1. The molecule has 2 aromatic rings. The normalized spacial score (nSPS) is 17.4. The summed E-state index contributed by atoms with van der Waals surface area (Å²) in [5.41, 5.74) is 1.85. The van der Waals surface area contributed by atoms with Gasteiger partial charge in [-0.1, -0.05) is 19.9 Å². The van der Waals surface area contributed by atoms with Crippen molar-refractivity contribution in [2.24, 2.45) is 0 Å². The van der Waals surface area contributed by atoms with Crippen LogP contribution in [-0.4, -0.2) is 41.1 Å². The topological polar surface area (TPSA) is 54.3 Å². The molecule has 0 aromatic carbocycles. The third kappa shape index (κ3) is 4.33. The van der Waals surface area contributed by atoms with Crippen molar-refractivity contribution in [1.82, 2.24) is 14.8 Å². The summed E-state index contributed by atoms with van der Waals surface area (Å²) >= 11 is 1.69. The van der Waals surface area contributed by atoms with Gasteiger partial charge >= 0.3 is 0 Å². The zero-order valence-corrected chi connectivity index (χ0v) is 17.3. The van der Waals surface area contributed by atoms with Crippen LogP contribution in [0.15, 0.2) is 28.4 Å². The van der Waals surface area contributed by atoms with Crippen molar-refractivity contribution in [1.29, 1.82) is 0 Å². The lowest BCUT2D eigenvalue weighted by Crippen LogP contribution is -2.41. The summed E-state index contributed by atoms with van der Waals surface area (Å²) in [5.74, 6) is -0.236. The monoisotopic (exact) mass is 387 g/mol. The summed E-state index contributed by atoms with van der Waals surface area (Å²) < 4.78 is 2.11. The van der Waals surface area contributed by atoms with Gasteiger partial charge in [0.1, 0.15) is 5.56 Å². The molecule has 1 atom stereocenters. The summed E-state index contributed by atoms with van der Waals surface area (Å²) in [6.45, 7) is 9.49. The van der Waals surface area contributed by atoms with Crippen LogP contribution < -0.4 is 10.7 Å². The highest BCUT2D eigenvalue weighted by Gasteiger charge is 2.25. The predicted octanol–water partition coefficient (Wildman–Crippen LogP) is 3.04. The van der Waals surface area contributed by atoms with E-state index in [1.165, 1.54) is 11.3 Å². The molecule has 6 heteroatoms. The fraction of sp³-hybridized carbons (Fsp3) is 0.524. The van der Waals surface area contributed by atoms with Crippen LogP contribution in [0.2, 0.25) is 0 Å². The Labute approximate surface area is 165 Å². The molecule has 0 spiro atoms. The average Bonchev–Trinajstić information content (AvgIpc) is 3.32. The predicted molar refractivity (Wildman–Crippen MR) is 111 cm³/mol. The number of nitrogens with zero attached hydrogens (tertiary/aromatic N) is 2. The van der Waals surface area contributed by atoms with Gasteiger partial charge in [-0.3, -0.25) is 14.5 Å². The number of carbonyl (C=O) groups is 1. The molecule has 1 aliphatic heterocycles. The standard InChI is InChI=1S/C21H29N3O2S/c1-4-18-20(21(26)22-13-16-8-6-10-23(16)5-2)19(25)12-15(3)24(18)14-17-9-7-11-27-17/h7,9,11-12,16H,4-6,8,10,13-14H2,1-3H3,(H,22,26). The van der Waals surface area contributed by atoms with Crippen molar-refractivity contribution >= 4 is 17.2 Å². The molecule has 27 heavy (non-hydrogen) atoms. The maximum absolute atomic E-state index is 12.9. The number of hydrogen-bond acceptors (Lipinski definition) is 4. The van der Waals surface area contributed by atoms with E-state index >= 15 is 0 Å². The molecule has 0 aliphatic carbocycles. The highest BCUT2D eigenvalue weighted by Crippen LogP contribution is 2.18. The molecule has 1 amide bonds. The van der Waals surface area contributed by atoms with Gasteiger partial charge < -0.3 is 9.88 Å². The molecule has 2 aromatic heterocycles. The molecule has 146 valence electrons. The molecule has 3 rings (SSSR count). The number of nitrogens with one attached hydrogen (secondary N) is 1. The van der Waals surface area contributed by atoms with Crippen LogP contribution in [0.5, 0.6) is 0 Å². The van der Waals surface area contributed by atoms with Gasteiger partial charge in [0.05, 0.1) is 6.54 Å². The molecule has 1 fully saturated rings. The second-order valence-electron chi connectivity index (χ2n) is 7.13. The lowest BCUT2D eigenvalue weighted by molar-refractivity contribution is 0.0938. The molecule has 0 saturated carbocycles. The highest BCUT2D eigenvalue weighted by atomic mass is 32.1. The van der Waals surface area contributed by atoms with Crippen molar-refractivity contribution in [2.75, 3.05) is 19.6 Å². The maximum Gasteiger partial charge on any atom is 0.257 e. The summed E-state index contributed by atoms with van der Waals surface area (Å²) in [4.78, 5) is 29.2. The summed E-state index contributed by atoms with van der Waals surface area (Å²) in [5, 5.41) is 5.08. The number of aryl methyl sites for hydroxylation is 1. The first-order valence-electron chi connectivity index (χ1n) is 9.83. The van der Waals surface area contributed by atoms with Crippen molar-refractivity contribution in [3.8, 4) is 0 Å². The van der Waals surface area contributed by atoms with Crippen LogP contribution in [-0.2, 0) is 13.0 Å². The van der Waals surface area contributed by atoms with Gasteiger partial charge in [-0.05, 0) is 50.7 Å². The van der Waals surface area contributed by atoms with Crippen molar-refractivity contribution in [2.45, 2.75) is 52.6 Å². The minimum atomic E-state index is -0.236. The number of likely N-dealkylation sites (tertiary alicyclic amines) is 1. The van der Waals surface area contributed by atoms with Crippen LogP contribution in [0.1, 0.15) is 53.3 Å². The van der Waals surface area contributed by atoms with Crippen LogP contribution in [0, 0.1) is 6.92 Å². The molecule has 1 N–H and O–H groups in total. The number of carbonyl (C=O) groups excluding carboxylic acids is 1. The van der Waals surface area contributed by atoms with Gasteiger partial charge in [-0.2, -0.15) is 0 Å². The van der Waals surface area contributed by atoms with Gasteiger partial charge in [-0.25, -0.2) is 0 Å². The number of likely N-dealkylation sites (N-methyl/N-ethyl adjacent to an activating group) is 1. The second-order valence-corrected chi connectivity index (χ2v) is 8.16. The molecular weight excluding hydrogens is 358 g/mol. The fourth-order valence-electron chi connectivity index (χ4n) is 4.06. The largest absolute Gasteiger partial charge is 0.350 e. The van der Waals surface area contributed by atoms with Gasteiger partial charge in [0, 0.05) is 34.9 Å². The van der Waals surface area contributed by atoms with Gasteiger partial charge in [0.25, 0.3) is 5.91 Å². The number of aromatic nitrogens is 1. The molecule has 0 radical (unpaired) electrons. The molecule has 0 bridgehead atoms. The van der Waals surface area contributed by atoms with E-state index in [4.69, 9.17) is 0 Å². The fourth-order valence-corrected chi connectivity index (χ4v) is 4.75. The van der Waals surface area contributed by atoms with E-state index in [1.54, 1.807) is 17.4 Å². The third-order valence-corrected chi connectivity index (χ3v) is 6.35. The van der Waals surface area contributed by atoms with E-state index in [1.807, 2.05) is 25.3 Å². The first-order valence-corrected chi connectivity index (χ1v) is 10.7. The minimum absolute atomic E-state index is 0.178. The van der Waals surface area contributed by atoms with E-state index in [9.17, 15) is 9.59 Å². The summed E-state index contributed by atoms with van der Waals surface area (Å²) in [7, 11) is 0. The Bertz CT molecular complexity index is 842. The maximum atomic E-state index is 12.9. The number of hydrogen-bond donors (Lipinski definition) is 1. The number of amides is 1. The molecule has 1 unspecified atom stereocenters. The van der Waals surface area contributed by atoms with Crippen molar-refractivity contribution in [3.05, 3.63) is 55.6 Å². The van der Waals surface area contributed by atoms with Crippen LogP contribution in [0.25, 0.3) is 0 Å². The van der Waals surface area contributed by atoms with Crippen molar-refractivity contribution < 1.29 is 4.79 Å². The second kappa shape index (κ2) is 8.85. The Balaban J connectivity index is 1.85. The third-order valence-electron chi connectivity index (χ3n) is 5.49. The van der Waals surface area contributed by atoms with Crippen LogP contribution >= 0.6 is 11.3 Å². The first-order chi connectivity index (χ1) is 13.0. The Morgan fingerprint density at radius 2 is 2.19 bits per heavy atom. The molecule has 3 heterocycles. The Kier molecular flexibility index (Phi) is 6.50. The van der Waals surface area contributed by atoms with Gasteiger partial charge in [0.15, 0.2) is 5.43 Å². The zero-order chi connectivity index (χ0) is 19.4. The highest BCUT2D eigenvalue weighted by molar-refractivity contribution is 7.09. The molecule has 1 aliphatic rings. The average molecular weight is 388 g/mol. The molecular formula is C21H29N3O2S. The quantitative estimate of drug-likeness (QED) is 0.794. The Hall–Kier alpha value is -1.92. The summed E-state index contributed by atoms with van der Waals surface area (Å²) in [6.07, 6.45) is 2.92. The Morgan fingerprint density at radius 1 is 1.37 bits per heavy atom. The van der Waals surface area contributed by atoms with Gasteiger partial charge in [-0.15, -0.1) is 11.3 Å². The van der Waals surface area contributed by atoms with Crippen LogP contribution in [0.3, 0.4) is 0 Å². The summed E-state index contributed by atoms with van der Waals surface area (Å²) in [6, 6.07) is 6.08. The minimum Gasteiger partial charge on any atom is -0.350 e. The zero-order valence-electron chi connectivity index (χ0n) is 16.5. The number of thiophene rings is 1. The Morgan fingerprint density at radius 3 is 2.85 bits per heavy atom.